The molecule has 0 saturated carbocycles. The number of aliphatic hydroxyl groups excluding tert-OH is 1. The van der Waals surface area contributed by atoms with E-state index in [1.165, 1.54) is 6.20 Å². The lowest BCUT2D eigenvalue weighted by molar-refractivity contribution is -0.124. The summed E-state index contributed by atoms with van der Waals surface area (Å²) in [4.78, 5) is 18.9. The Morgan fingerprint density at radius 1 is 1.56 bits per heavy atom. The van der Waals surface area contributed by atoms with Gasteiger partial charge in [0.2, 0.25) is 5.28 Å². The van der Waals surface area contributed by atoms with Crippen molar-refractivity contribution in [3.05, 3.63) is 22.2 Å². The van der Waals surface area contributed by atoms with Crippen LogP contribution in [0.1, 0.15) is 18.1 Å². The molecule has 1 fully saturated rings. The SMILES string of the molecule is O=C1C[C@H](c2cnc(Cl)nc2Cl)O[C@@H]1CO. The van der Waals surface area contributed by atoms with Gasteiger partial charge in [-0.05, 0) is 11.6 Å². The Kier molecular flexibility index (Phi) is 3.39. The van der Waals surface area contributed by atoms with Gasteiger partial charge in [-0.15, -0.1) is 0 Å². The molecule has 16 heavy (non-hydrogen) atoms. The first-order valence-corrected chi connectivity index (χ1v) is 5.34. The van der Waals surface area contributed by atoms with Crippen molar-refractivity contribution >= 4 is 29.0 Å². The Bertz CT molecular complexity index is 427. The summed E-state index contributed by atoms with van der Waals surface area (Å²) in [6.07, 6.45) is 0.303. The van der Waals surface area contributed by atoms with E-state index < -0.39 is 12.2 Å². The molecular formula is C9H8Cl2N2O3. The molecular weight excluding hydrogens is 255 g/mol. The molecule has 86 valence electrons. The monoisotopic (exact) mass is 262 g/mol. The maximum atomic E-state index is 11.4. The molecule has 2 rings (SSSR count). The number of ether oxygens (including phenoxy) is 1. The maximum absolute atomic E-state index is 11.4. The number of aliphatic hydroxyl groups is 1. The standard InChI is InChI=1S/C9H8Cl2N2O3/c10-8-4(2-12-9(11)13-8)6-1-5(15)7(3-14)16-6/h2,6-7,14H,1,3H2/t6-,7-/m1/s1. The van der Waals surface area contributed by atoms with Crippen molar-refractivity contribution in [2.75, 3.05) is 6.61 Å². The quantitative estimate of drug-likeness (QED) is 0.640. The first-order valence-electron chi connectivity index (χ1n) is 4.58. The summed E-state index contributed by atoms with van der Waals surface area (Å²) < 4.78 is 5.32. The van der Waals surface area contributed by atoms with Gasteiger partial charge in [-0.1, -0.05) is 11.6 Å². The predicted molar refractivity (Wildman–Crippen MR) is 56.4 cm³/mol. The van der Waals surface area contributed by atoms with Crippen LogP contribution in [-0.4, -0.2) is 33.6 Å². The Balaban J connectivity index is 2.23. The fourth-order valence-corrected chi connectivity index (χ4v) is 1.96. The summed E-state index contributed by atoms with van der Waals surface area (Å²) in [7, 11) is 0. The van der Waals surface area contributed by atoms with Crippen LogP contribution >= 0.6 is 23.2 Å². The van der Waals surface area contributed by atoms with Gasteiger partial charge in [-0.25, -0.2) is 9.97 Å². The molecule has 7 heteroatoms. The van der Waals surface area contributed by atoms with E-state index in [1.54, 1.807) is 0 Å². The second-order valence-corrected chi connectivity index (χ2v) is 4.05. The number of hydrogen-bond donors (Lipinski definition) is 1. The van der Waals surface area contributed by atoms with Crippen LogP contribution in [0.3, 0.4) is 0 Å². The number of aromatic nitrogens is 2. The van der Waals surface area contributed by atoms with Crippen LogP contribution in [0.2, 0.25) is 10.4 Å². The number of halogens is 2. The molecule has 0 radical (unpaired) electrons. The van der Waals surface area contributed by atoms with Crippen molar-refractivity contribution in [3.63, 3.8) is 0 Å². The summed E-state index contributed by atoms with van der Waals surface area (Å²) in [6.45, 7) is -0.332. The maximum Gasteiger partial charge on any atom is 0.223 e. The molecule has 1 aliphatic rings. The molecule has 0 aromatic carbocycles. The van der Waals surface area contributed by atoms with Gasteiger partial charge in [0.1, 0.15) is 11.3 Å². The summed E-state index contributed by atoms with van der Waals surface area (Å²) in [5, 5.41) is 9.09. The topological polar surface area (TPSA) is 72.3 Å². The molecule has 5 nitrogen and oxygen atoms in total. The first kappa shape index (κ1) is 11.7. The van der Waals surface area contributed by atoms with E-state index in [-0.39, 0.29) is 29.2 Å². The van der Waals surface area contributed by atoms with E-state index >= 15 is 0 Å². The molecule has 0 bridgehead atoms. The van der Waals surface area contributed by atoms with Crippen molar-refractivity contribution in [3.8, 4) is 0 Å². The lowest BCUT2D eigenvalue weighted by atomic mass is 10.1. The van der Waals surface area contributed by atoms with Crippen molar-refractivity contribution in [1.29, 1.82) is 0 Å². The molecule has 1 N–H and O–H groups in total. The number of carbonyl (C=O) groups excluding carboxylic acids is 1. The second kappa shape index (κ2) is 4.63. The number of rotatable bonds is 2. The van der Waals surface area contributed by atoms with E-state index in [4.69, 9.17) is 33.0 Å². The third-order valence-corrected chi connectivity index (χ3v) is 2.81. The highest BCUT2D eigenvalue weighted by Gasteiger charge is 2.35. The minimum absolute atomic E-state index is 0.0387. The van der Waals surface area contributed by atoms with Gasteiger partial charge in [-0.2, -0.15) is 0 Å². The van der Waals surface area contributed by atoms with Gasteiger partial charge in [0.05, 0.1) is 12.7 Å². The van der Waals surface area contributed by atoms with Crippen LogP contribution in [0.15, 0.2) is 6.20 Å². The average Bonchev–Trinajstić information content (AvgIpc) is 2.59. The number of ketones is 1. The van der Waals surface area contributed by atoms with Crippen LogP contribution in [-0.2, 0) is 9.53 Å². The molecule has 1 aromatic heterocycles. The average molecular weight is 263 g/mol. The lowest BCUT2D eigenvalue weighted by Gasteiger charge is -2.11. The van der Waals surface area contributed by atoms with Crippen LogP contribution < -0.4 is 0 Å². The highest BCUT2D eigenvalue weighted by atomic mass is 35.5. The zero-order valence-corrected chi connectivity index (χ0v) is 9.57. The molecule has 0 unspecified atom stereocenters. The number of nitrogens with zero attached hydrogens (tertiary/aromatic N) is 2. The normalized spacial score (nSPS) is 25.1. The van der Waals surface area contributed by atoms with Gasteiger partial charge in [-0.3, -0.25) is 4.79 Å². The molecule has 2 heterocycles. The molecule has 1 aliphatic heterocycles. The van der Waals surface area contributed by atoms with Gasteiger partial charge in [0, 0.05) is 18.2 Å². The smallest absolute Gasteiger partial charge is 0.223 e. The summed E-state index contributed by atoms with van der Waals surface area (Å²) in [6, 6.07) is 0. The van der Waals surface area contributed by atoms with E-state index in [0.717, 1.165) is 0 Å². The third kappa shape index (κ3) is 2.17. The highest BCUT2D eigenvalue weighted by molar-refractivity contribution is 6.32. The first-order chi connectivity index (χ1) is 7.61. The van der Waals surface area contributed by atoms with Crippen molar-refractivity contribution in [2.24, 2.45) is 0 Å². The fraction of sp³-hybridized carbons (Fsp3) is 0.444. The number of Topliss-reactive ketones (excluding diaryl/α,β-unsaturated/α-hetero) is 1. The van der Waals surface area contributed by atoms with Gasteiger partial charge >= 0.3 is 0 Å². The predicted octanol–water partition coefficient (Wildman–Crippen LogP) is 1.17. The van der Waals surface area contributed by atoms with Crippen molar-refractivity contribution < 1.29 is 14.6 Å². The third-order valence-electron chi connectivity index (χ3n) is 2.33. The Hall–Kier alpha value is -0.750. The minimum atomic E-state index is -0.781. The van der Waals surface area contributed by atoms with E-state index in [9.17, 15) is 4.79 Å². The summed E-state index contributed by atoms with van der Waals surface area (Å²) >= 11 is 11.4. The van der Waals surface area contributed by atoms with Crippen LogP contribution in [0.4, 0.5) is 0 Å². The number of carbonyl (C=O) groups is 1. The van der Waals surface area contributed by atoms with Gasteiger partial charge in [0.15, 0.2) is 5.78 Å². The number of hydrogen-bond acceptors (Lipinski definition) is 5. The van der Waals surface area contributed by atoms with E-state index in [2.05, 4.69) is 9.97 Å². The zero-order valence-electron chi connectivity index (χ0n) is 8.06. The molecule has 0 aliphatic carbocycles. The van der Waals surface area contributed by atoms with Gasteiger partial charge in [0.25, 0.3) is 0 Å². The van der Waals surface area contributed by atoms with Crippen LogP contribution in [0, 0.1) is 0 Å². The van der Waals surface area contributed by atoms with E-state index in [1.807, 2.05) is 0 Å². The van der Waals surface area contributed by atoms with Crippen LogP contribution in [0.25, 0.3) is 0 Å². The molecule has 0 amide bonds. The molecule has 0 spiro atoms. The lowest BCUT2D eigenvalue weighted by Crippen LogP contribution is -2.19. The summed E-state index contributed by atoms with van der Waals surface area (Å²) in [5.74, 6) is -0.154. The minimum Gasteiger partial charge on any atom is -0.393 e. The highest BCUT2D eigenvalue weighted by Crippen LogP contribution is 2.33. The Morgan fingerprint density at radius 3 is 2.88 bits per heavy atom. The van der Waals surface area contributed by atoms with E-state index in [0.29, 0.717) is 5.56 Å². The van der Waals surface area contributed by atoms with Crippen molar-refractivity contribution in [2.45, 2.75) is 18.6 Å². The molecule has 2 atom stereocenters. The molecule has 1 aromatic rings. The Labute approximate surface area is 101 Å². The molecule has 1 saturated heterocycles. The largest absolute Gasteiger partial charge is 0.393 e. The van der Waals surface area contributed by atoms with Crippen molar-refractivity contribution in [1.82, 2.24) is 9.97 Å². The zero-order chi connectivity index (χ0) is 11.7. The summed E-state index contributed by atoms with van der Waals surface area (Å²) in [5.41, 5.74) is 0.510. The van der Waals surface area contributed by atoms with Gasteiger partial charge < -0.3 is 9.84 Å². The second-order valence-electron chi connectivity index (χ2n) is 3.35. The van der Waals surface area contributed by atoms with Crippen LogP contribution in [0.5, 0.6) is 0 Å². The Morgan fingerprint density at radius 2 is 2.31 bits per heavy atom. The fourth-order valence-electron chi connectivity index (χ4n) is 1.53.